The van der Waals surface area contributed by atoms with Crippen LogP contribution >= 0.6 is 0 Å². The molecule has 2 aliphatic rings. The molecule has 17 heavy (non-hydrogen) atoms. The van der Waals surface area contributed by atoms with Gasteiger partial charge in [-0.1, -0.05) is 6.92 Å². The summed E-state index contributed by atoms with van der Waals surface area (Å²) in [7, 11) is 0. The zero-order valence-electron chi connectivity index (χ0n) is 10.9. The predicted molar refractivity (Wildman–Crippen MR) is 64.4 cm³/mol. The first kappa shape index (κ1) is 12.8. The topological polar surface area (TPSA) is 49.8 Å². The highest BCUT2D eigenvalue weighted by Gasteiger charge is 2.44. The fourth-order valence-corrected chi connectivity index (χ4v) is 3.08. The van der Waals surface area contributed by atoms with Crippen molar-refractivity contribution in [1.29, 1.82) is 0 Å². The molecule has 2 heterocycles. The molecular weight excluding hydrogens is 218 g/mol. The molecule has 98 valence electrons. The maximum atomic E-state index is 12.4. The molecule has 1 amide bonds. The molecule has 4 heteroatoms. The van der Waals surface area contributed by atoms with E-state index in [-0.39, 0.29) is 42.5 Å². The van der Waals surface area contributed by atoms with Gasteiger partial charge in [0.25, 0.3) is 0 Å². The summed E-state index contributed by atoms with van der Waals surface area (Å²) in [6, 6.07) is 0. The number of aliphatic hydroxyl groups excluding tert-OH is 1. The van der Waals surface area contributed by atoms with Crippen molar-refractivity contribution in [3.05, 3.63) is 0 Å². The third-order valence-electron chi connectivity index (χ3n) is 4.38. The normalized spacial score (nSPS) is 42.1. The van der Waals surface area contributed by atoms with Crippen LogP contribution in [0.3, 0.4) is 0 Å². The Kier molecular flexibility index (Phi) is 3.73. The van der Waals surface area contributed by atoms with Crippen molar-refractivity contribution in [3.8, 4) is 0 Å². The summed E-state index contributed by atoms with van der Waals surface area (Å²) in [6.45, 7) is 7.80. The van der Waals surface area contributed by atoms with Crippen molar-refractivity contribution in [1.82, 2.24) is 4.90 Å². The smallest absolute Gasteiger partial charge is 0.228 e. The van der Waals surface area contributed by atoms with Gasteiger partial charge in [0.1, 0.15) is 0 Å². The molecule has 0 aromatic heterocycles. The van der Waals surface area contributed by atoms with Crippen LogP contribution in [-0.4, -0.2) is 47.8 Å². The Morgan fingerprint density at radius 2 is 2.06 bits per heavy atom. The van der Waals surface area contributed by atoms with E-state index >= 15 is 0 Å². The minimum atomic E-state index is -0.0116. The molecular formula is C13H23NO3. The second kappa shape index (κ2) is 4.94. The molecule has 5 atom stereocenters. The lowest BCUT2D eigenvalue weighted by molar-refractivity contribution is -0.137. The third kappa shape index (κ3) is 2.33. The highest BCUT2D eigenvalue weighted by molar-refractivity contribution is 5.80. The van der Waals surface area contributed by atoms with Gasteiger partial charge in [-0.05, 0) is 26.2 Å². The van der Waals surface area contributed by atoms with Gasteiger partial charge in [0.15, 0.2) is 0 Å². The van der Waals surface area contributed by atoms with E-state index in [1.165, 1.54) is 0 Å². The fraction of sp³-hybridized carbons (Fsp3) is 0.923. The minimum Gasteiger partial charge on any atom is -0.396 e. The van der Waals surface area contributed by atoms with Crippen molar-refractivity contribution < 1.29 is 14.6 Å². The summed E-state index contributed by atoms with van der Waals surface area (Å²) >= 11 is 0. The molecule has 1 N–H and O–H groups in total. The zero-order chi connectivity index (χ0) is 12.6. The van der Waals surface area contributed by atoms with E-state index in [1.54, 1.807) is 0 Å². The maximum Gasteiger partial charge on any atom is 0.228 e. The van der Waals surface area contributed by atoms with Crippen molar-refractivity contribution >= 4 is 5.91 Å². The first-order chi connectivity index (χ1) is 8.04. The molecule has 5 unspecified atom stereocenters. The Morgan fingerprint density at radius 3 is 2.53 bits per heavy atom. The molecule has 0 bridgehead atoms. The van der Waals surface area contributed by atoms with E-state index in [1.807, 2.05) is 18.7 Å². The quantitative estimate of drug-likeness (QED) is 0.781. The number of aliphatic hydroxyl groups is 1. The maximum absolute atomic E-state index is 12.4. The van der Waals surface area contributed by atoms with Crippen molar-refractivity contribution in [2.24, 2.45) is 17.8 Å². The van der Waals surface area contributed by atoms with Crippen molar-refractivity contribution in [2.45, 2.75) is 39.4 Å². The lowest BCUT2D eigenvalue weighted by Gasteiger charge is -2.24. The lowest BCUT2D eigenvalue weighted by atomic mass is 9.88. The predicted octanol–water partition coefficient (Wildman–Crippen LogP) is 0.887. The largest absolute Gasteiger partial charge is 0.396 e. The van der Waals surface area contributed by atoms with Crippen LogP contribution < -0.4 is 0 Å². The second-order valence-electron chi connectivity index (χ2n) is 5.55. The standard InChI is InChI=1S/C13H23NO3/c1-8-9(2)17-10(3)12(8)13(16)14-5-4-11(6-14)7-15/h8-12,15H,4-7H2,1-3H3. The molecule has 2 saturated heterocycles. The summed E-state index contributed by atoms with van der Waals surface area (Å²) in [4.78, 5) is 14.3. The van der Waals surface area contributed by atoms with E-state index in [0.717, 1.165) is 13.0 Å². The molecule has 0 radical (unpaired) electrons. The number of rotatable bonds is 2. The number of hydrogen-bond acceptors (Lipinski definition) is 3. The van der Waals surface area contributed by atoms with Gasteiger partial charge in [-0.2, -0.15) is 0 Å². The van der Waals surface area contributed by atoms with Gasteiger partial charge >= 0.3 is 0 Å². The van der Waals surface area contributed by atoms with Gasteiger partial charge in [-0.25, -0.2) is 0 Å². The fourth-order valence-electron chi connectivity index (χ4n) is 3.08. The van der Waals surface area contributed by atoms with Crippen molar-refractivity contribution in [3.63, 3.8) is 0 Å². The Bertz CT molecular complexity index is 294. The Morgan fingerprint density at radius 1 is 1.35 bits per heavy atom. The van der Waals surface area contributed by atoms with Crippen LogP contribution in [0.2, 0.25) is 0 Å². The highest BCUT2D eigenvalue weighted by Crippen LogP contribution is 2.34. The van der Waals surface area contributed by atoms with E-state index in [9.17, 15) is 4.79 Å². The summed E-state index contributed by atoms with van der Waals surface area (Å²) in [6.07, 6.45) is 1.10. The van der Waals surface area contributed by atoms with Crippen LogP contribution in [0.15, 0.2) is 0 Å². The number of carbonyl (C=O) groups excluding carboxylic acids is 1. The van der Waals surface area contributed by atoms with E-state index in [2.05, 4.69) is 6.92 Å². The van der Waals surface area contributed by atoms with Gasteiger partial charge in [-0.15, -0.1) is 0 Å². The number of likely N-dealkylation sites (tertiary alicyclic amines) is 1. The first-order valence-corrected chi connectivity index (χ1v) is 6.59. The Balaban J connectivity index is 2.00. The number of hydrogen-bond donors (Lipinski definition) is 1. The molecule has 4 nitrogen and oxygen atoms in total. The average molecular weight is 241 g/mol. The van der Waals surface area contributed by atoms with Crippen LogP contribution in [0.5, 0.6) is 0 Å². The number of amides is 1. The van der Waals surface area contributed by atoms with Crippen LogP contribution in [-0.2, 0) is 9.53 Å². The summed E-state index contributed by atoms with van der Waals surface area (Å²) in [5.41, 5.74) is 0. The summed E-state index contributed by atoms with van der Waals surface area (Å²) in [5.74, 6) is 0.753. The molecule has 0 spiro atoms. The number of carbonyl (C=O) groups is 1. The molecule has 2 rings (SSSR count). The zero-order valence-corrected chi connectivity index (χ0v) is 10.9. The lowest BCUT2D eigenvalue weighted by Crippen LogP contribution is -2.39. The van der Waals surface area contributed by atoms with Gasteiger partial charge in [0.2, 0.25) is 5.91 Å². The molecule has 0 aromatic rings. The van der Waals surface area contributed by atoms with E-state index in [4.69, 9.17) is 9.84 Å². The Labute approximate surface area is 103 Å². The molecule has 0 aliphatic carbocycles. The monoisotopic (exact) mass is 241 g/mol. The summed E-state index contributed by atoms with van der Waals surface area (Å²) in [5, 5.41) is 9.11. The number of ether oxygens (including phenoxy) is 1. The van der Waals surface area contributed by atoms with Crippen LogP contribution in [0.1, 0.15) is 27.2 Å². The SMILES string of the molecule is CC1OC(C)C(C(=O)N2CCC(CO)C2)C1C. The average Bonchev–Trinajstić information content (AvgIpc) is 2.85. The van der Waals surface area contributed by atoms with E-state index in [0.29, 0.717) is 6.54 Å². The molecule has 0 aromatic carbocycles. The second-order valence-corrected chi connectivity index (χ2v) is 5.55. The molecule has 0 saturated carbocycles. The van der Waals surface area contributed by atoms with Gasteiger partial charge in [0.05, 0.1) is 18.1 Å². The first-order valence-electron chi connectivity index (χ1n) is 6.59. The number of nitrogens with zero attached hydrogens (tertiary/aromatic N) is 1. The van der Waals surface area contributed by atoms with Crippen LogP contribution in [0.4, 0.5) is 0 Å². The van der Waals surface area contributed by atoms with Gasteiger partial charge in [0, 0.05) is 25.6 Å². The summed E-state index contributed by atoms with van der Waals surface area (Å²) < 4.78 is 5.72. The van der Waals surface area contributed by atoms with Gasteiger partial charge < -0.3 is 14.7 Å². The van der Waals surface area contributed by atoms with E-state index < -0.39 is 0 Å². The van der Waals surface area contributed by atoms with Crippen LogP contribution in [0, 0.1) is 17.8 Å². The highest BCUT2D eigenvalue weighted by atomic mass is 16.5. The Hall–Kier alpha value is -0.610. The third-order valence-corrected chi connectivity index (χ3v) is 4.38. The van der Waals surface area contributed by atoms with Gasteiger partial charge in [-0.3, -0.25) is 4.79 Å². The molecule has 2 aliphatic heterocycles. The molecule has 2 fully saturated rings. The van der Waals surface area contributed by atoms with Crippen LogP contribution in [0.25, 0.3) is 0 Å². The van der Waals surface area contributed by atoms with Crippen molar-refractivity contribution in [2.75, 3.05) is 19.7 Å². The minimum absolute atomic E-state index is 0.0116.